The summed E-state index contributed by atoms with van der Waals surface area (Å²) >= 11 is 1.98. The summed E-state index contributed by atoms with van der Waals surface area (Å²) in [4.78, 5) is 25.8. The summed E-state index contributed by atoms with van der Waals surface area (Å²) in [5.74, 6) is -0.209. The maximum atomic E-state index is 12.4. The van der Waals surface area contributed by atoms with Gasteiger partial charge >= 0.3 is 11.6 Å². The second kappa shape index (κ2) is 11.1. The van der Waals surface area contributed by atoms with Gasteiger partial charge in [-0.3, -0.25) is 4.79 Å². The molecule has 0 aliphatic carbocycles. The van der Waals surface area contributed by atoms with Crippen LogP contribution in [0.2, 0.25) is 0 Å². The van der Waals surface area contributed by atoms with Crippen molar-refractivity contribution < 1.29 is 18.5 Å². The number of pyridine rings is 1. The van der Waals surface area contributed by atoms with Gasteiger partial charge in [0.2, 0.25) is 0 Å². The van der Waals surface area contributed by atoms with Crippen LogP contribution in [0.1, 0.15) is 25.0 Å². The minimum atomic E-state index is -0.358. The highest BCUT2D eigenvalue weighted by molar-refractivity contribution is 14.1. The third-order valence-corrected chi connectivity index (χ3v) is 5.59. The Kier molecular flexibility index (Phi) is 8.22. The van der Waals surface area contributed by atoms with Crippen molar-refractivity contribution in [3.63, 3.8) is 0 Å². The summed E-state index contributed by atoms with van der Waals surface area (Å²) in [6.07, 6.45) is 7.47. The lowest BCUT2D eigenvalue weighted by Crippen LogP contribution is -2.35. The van der Waals surface area contributed by atoms with Gasteiger partial charge in [0.15, 0.2) is 25.5 Å². The first-order valence-electron chi connectivity index (χ1n) is 10.3. The van der Waals surface area contributed by atoms with Gasteiger partial charge in [0, 0.05) is 42.4 Å². The Hall–Kier alpha value is -2.68. The van der Waals surface area contributed by atoms with Crippen LogP contribution in [-0.4, -0.2) is 30.1 Å². The molecule has 1 aromatic carbocycles. The summed E-state index contributed by atoms with van der Waals surface area (Å²) < 4.78 is 12.9. The zero-order valence-electron chi connectivity index (χ0n) is 17.7. The van der Waals surface area contributed by atoms with Crippen LogP contribution in [0, 0.1) is 0 Å². The molecule has 7 heteroatoms. The van der Waals surface area contributed by atoms with Crippen molar-refractivity contribution >= 4 is 57.4 Å². The van der Waals surface area contributed by atoms with Gasteiger partial charge in [0.25, 0.3) is 0 Å². The van der Waals surface area contributed by atoms with E-state index in [9.17, 15) is 9.59 Å². The number of anilines is 1. The number of hydrogen-bond acceptors (Lipinski definition) is 5. The molecular weight excluding hydrogens is 507 g/mol. The Morgan fingerprint density at radius 2 is 1.87 bits per heavy atom. The predicted molar refractivity (Wildman–Crippen MR) is 131 cm³/mol. The number of alkyl halides is 1. The second-order valence-electron chi connectivity index (χ2n) is 6.94. The van der Waals surface area contributed by atoms with Gasteiger partial charge in [-0.15, -0.1) is 0 Å². The summed E-state index contributed by atoms with van der Waals surface area (Å²) in [6.45, 7) is 6.93. The van der Waals surface area contributed by atoms with E-state index < -0.39 is 0 Å². The van der Waals surface area contributed by atoms with Crippen molar-refractivity contribution in [3.05, 3.63) is 70.3 Å². The number of carbonyl (C=O) groups excluding carboxylic acids is 1. The van der Waals surface area contributed by atoms with Crippen LogP contribution < -0.4 is 15.1 Å². The van der Waals surface area contributed by atoms with Crippen LogP contribution >= 0.6 is 22.6 Å². The molecule has 0 amide bonds. The third-order valence-electron chi connectivity index (χ3n) is 4.97. The smallest absolute Gasteiger partial charge is 0.343 e. The van der Waals surface area contributed by atoms with Gasteiger partial charge in [-0.2, -0.15) is 0 Å². The average molecular weight is 533 g/mol. The highest BCUT2D eigenvalue weighted by atomic mass is 127. The van der Waals surface area contributed by atoms with Gasteiger partial charge in [-0.05, 0) is 43.7 Å². The fourth-order valence-electron chi connectivity index (χ4n) is 3.24. The van der Waals surface area contributed by atoms with Gasteiger partial charge in [-0.1, -0.05) is 28.7 Å². The standard InChI is InChI=1S/C24H26IN2O4/c1-3-27(4-2)21-8-7-19-15-20(24(29)31-22(19)16-21)6-5-18-9-11-26(12-10-18)13-14-30-23(28)17-25/h5-12,15-16H,3-4,13-14,17H2,1-2H3/q+1. The number of hydrogen-bond donors (Lipinski definition) is 0. The monoisotopic (exact) mass is 533 g/mol. The number of halogens is 1. The Bertz CT molecular complexity index is 1120. The molecule has 3 aromatic rings. The van der Waals surface area contributed by atoms with E-state index in [1.165, 1.54) is 0 Å². The van der Waals surface area contributed by atoms with Crippen molar-refractivity contribution in [3.8, 4) is 0 Å². The zero-order valence-corrected chi connectivity index (χ0v) is 19.9. The van der Waals surface area contributed by atoms with Crippen molar-refractivity contribution in [2.45, 2.75) is 20.4 Å². The van der Waals surface area contributed by atoms with Gasteiger partial charge in [0.05, 0.1) is 9.99 Å². The number of ether oxygens (including phenoxy) is 1. The van der Waals surface area contributed by atoms with E-state index >= 15 is 0 Å². The van der Waals surface area contributed by atoms with E-state index in [1.54, 1.807) is 6.08 Å². The highest BCUT2D eigenvalue weighted by Crippen LogP contribution is 2.22. The molecule has 6 nitrogen and oxygen atoms in total. The minimum absolute atomic E-state index is 0.209. The molecule has 0 aliphatic rings. The van der Waals surface area contributed by atoms with E-state index in [4.69, 9.17) is 9.15 Å². The first-order chi connectivity index (χ1) is 15.0. The van der Waals surface area contributed by atoms with Gasteiger partial charge in [-0.25, -0.2) is 9.36 Å². The van der Waals surface area contributed by atoms with E-state index in [2.05, 4.69) is 24.8 Å². The van der Waals surface area contributed by atoms with Crippen LogP contribution in [0.3, 0.4) is 0 Å². The van der Waals surface area contributed by atoms with Crippen molar-refractivity contribution in [2.24, 2.45) is 0 Å². The number of aromatic nitrogens is 1. The minimum Gasteiger partial charge on any atom is -0.458 e. The number of carbonyl (C=O) groups is 1. The van der Waals surface area contributed by atoms with Crippen LogP contribution in [0.5, 0.6) is 0 Å². The quantitative estimate of drug-likeness (QED) is 0.137. The molecule has 0 spiro atoms. The molecule has 2 aromatic heterocycles. The van der Waals surface area contributed by atoms with E-state index in [-0.39, 0.29) is 11.6 Å². The summed E-state index contributed by atoms with van der Waals surface area (Å²) in [6, 6.07) is 11.7. The lowest BCUT2D eigenvalue weighted by atomic mass is 10.1. The van der Waals surface area contributed by atoms with E-state index in [0.29, 0.717) is 28.7 Å². The summed E-state index contributed by atoms with van der Waals surface area (Å²) in [7, 11) is 0. The molecule has 2 heterocycles. The van der Waals surface area contributed by atoms with Crippen LogP contribution in [0.25, 0.3) is 23.1 Å². The lowest BCUT2D eigenvalue weighted by Gasteiger charge is -2.20. The van der Waals surface area contributed by atoms with Crippen LogP contribution in [0.15, 0.2) is 58.0 Å². The molecule has 3 rings (SSSR count). The molecule has 0 atom stereocenters. The molecule has 0 unspecified atom stereocenters. The lowest BCUT2D eigenvalue weighted by molar-refractivity contribution is -0.697. The molecule has 0 fully saturated rings. The number of esters is 1. The number of benzene rings is 1. The Balaban J connectivity index is 1.72. The fourth-order valence-corrected chi connectivity index (χ4v) is 3.46. The first-order valence-corrected chi connectivity index (χ1v) is 11.8. The van der Waals surface area contributed by atoms with Gasteiger partial charge in [0.1, 0.15) is 5.58 Å². The number of fused-ring (bicyclic) bond motifs is 1. The van der Waals surface area contributed by atoms with Crippen LogP contribution in [0.4, 0.5) is 5.69 Å². The Morgan fingerprint density at radius 1 is 1.13 bits per heavy atom. The predicted octanol–water partition coefficient (Wildman–Crippen LogP) is 4.08. The average Bonchev–Trinajstić information content (AvgIpc) is 2.79. The maximum absolute atomic E-state index is 12.4. The van der Waals surface area contributed by atoms with Gasteiger partial charge < -0.3 is 14.1 Å². The van der Waals surface area contributed by atoms with E-state index in [0.717, 1.165) is 29.7 Å². The molecule has 0 N–H and O–H groups in total. The molecule has 0 saturated heterocycles. The SMILES string of the molecule is CCN(CC)c1ccc2cc(/C=C/c3cc[n+](CCOC(=O)CI)cc3)c(=O)oc2c1. The molecule has 31 heavy (non-hydrogen) atoms. The normalized spacial score (nSPS) is 11.2. The van der Waals surface area contributed by atoms with Crippen molar-refractivity contribution in [1.82, 2.24) is 0 Å². The largest absolute Gasteiger partial charge is 0.458 e. The zero-order chi connectivity index (χ0) is 22.2. The third kappa shape index (κ3) is 6.16. The molecule has 0 bridgehead atoms. The first kappa shape index (κ1) is 23.0. The molecular formula is C24H26IN2O4+. The van der Waals surface area contributed by atoms with Crippen LogP contribution in [-0.2, 0) is 16.1 Å². The van der Waals surface area contributed by atoms with Crippen molar-refractivity contribution in [2.75, 3.05) is 29.0 Å². The summed E-state index contributed by atoms with van der Waals surface area (Å²) in [5, 5.41) is 0.891. The topological polar surface area (TPSA) is 63.6 Å². The maximum Gasteiger partial charge on any atom is 0.343 e. The highest BCUT2D eigenvalue weighted by Gasteiger charge is 2.08. The molecule has 0 aliphatic heterocycles. The fraction of sp³-hybridized carbons (Fsp3) is 0.292. The summed E-state index contributed by atoms with van der Waals surface area (Å²) in [5.41, 5.74) is 2.74. The molecule has 162 valence electrons. The van der Waals surface area contributed by atoms with Crippen molar-refractivity contribution in [1.29, 1.82) is 0 Å². The Morgan fingerprint density at radius 3 is 2.55 bits per heavy atom. The molecule has 0 radical (unpaired) electrons. The number of nitrogens with zero attached hydrogens (tertiary/aromatic N) is 2. The second-order valence-corrected chi connectivity index (χ2v) is 7.70. The molecule has 0 saturated carbocycles. The van der Waals surface area contributed by atoms with E-state index in [1.807, 2.05) is 76.0 Å². The Labute approximate surface area is 195 Å². The number of rotatable bonds is 9.